The fourth-order valence-corrected chi connectivity index (χ4v) is 2.04. The highest BCUT2D eigenvalue weighted by molar-refractivity contribution is 9.10. The zero-order valence-electron chi connectivity index (χ0n) is 10.4. The highest BCUT2D eigenvalue weighted by Crippen LogP contribution is 2.23. The molecule has 0 atom stereocenters. The Morgan fingerprint density at radius 2 is 1.68 bits per heavy atom. The van der Waals surface area contributed by atoms with Gasteiger partial charge < -0.3 is 0 Å². The molecule has 2 nitrogen and oxygen atoms in total. The number of Topliss-reactive ketones (excluding diaryl/α,β-unsaturated/α-hetero) is 2. The van der Waals surface area contributed by atoms with Crippen molar-refractivity contribution in [2.75, 3.05) is 0 Å². The van der Waals surface area contributed by atoms with Crippen LogP contribution in [0.5, 0.6) is 0 Å². The van der Waals surface area contributed by atoms with Gasteiger partial charge in [0.05, 0.1) is 0 Å². The molecule has 0 aliphatic heterocycles. The molecule has 19 heavy (non-hydrogen) atoms. The minimum absolute atomic E-state index is 0.357. The van der Waals surface area contributed by atoms with Crippen LogP contribution in [0.4, 0.5) is 13.2 Å². The molecule has 0 saturated heterocycles. The fraction of sp³-hybridized carbons (Fsp3) is 0.385. The Bertz CT molecular complexity index is 521. The van der Waals surface area contributed by atoms with Crippen molar-refractivity contribution in [1.29, 1.82) is 0 Å². The van der Waals surface area contributed by atoms with Crippen LogP contribution >= 0.6 is 15.9 Å². The lowest BCUT2D eigenvalue weighted by atomic mass is 9.98. The van der Waals surface area contributed by atoms with E-state index in [0.717, 1.165) is 10.0 Å². The third-order valence-corrected chi connectivity index (χ3v) is 3.56. The third-order valence-electron chi connectivity index (χ3n) is 2.70. The SMILES string of the molecule is Cc1cc(C(=O)CCC(=O)C(F)(F)F)c(C)cc1Br. The van der Waals surface area contributed by atoms with Crippen LogP contribution < -0.4 is 0 Å². The minimum atomic E-state index is -4.87. The summed E-state index contributed by atoms with van der Waals surface area (Å²) in [5, 5.41) is 0. The molecule has 1 rings (SSSR count). The first-order valence-corrected chi connectivity index (χ1v) is 6.32. The van der Waals surface area contributed by atoms with Gasteiger partial charge in [0, 0.05) is 22.9 Å². The van der Waals surface area contributed by atoms with E-state index in [1.165, 1.54) is 0 Å². The molecule has 0 aromatic heterocycles. The summed E-state index contributed by atoms with van der Waals surface area (Å²) in [6, 6.07) is 3.34. The Balaban J connectivity index is 2.80. The highest BCUT2D eigenvalue weighted by Gasteiger charge is 2.37. The third kappa shape index (κ3) is 4.16. The number of carbonyl (C=O) groups excluding carboxylic acids is 2. The number of alkyl halides is 3. The summed E-state index contributed by atoms with van der Waals surface area (Å²) < 4.78 is 36.9. The quantitative estimate of drug-likeness (QED) is 0.773. The highest BCUT2D eigenvalue weighted by atomic mass is 79.9. The van der Waals surface area contributed by atoms with Crippen LogP contribution in [0.15, 0.2) is 16.6 Å². The second-order valence-electron chi connectivity index (χ2n) is 4.26. The van der Waals surface area contributed by atoms with Gasteiger partial charge in [-0.25, -0.2) is 0 Å². The van der Waals surface area contributed by atoms with E-state index in [0.29, 0.717) is 11.1 Å². The molecule has 0 saturated carbocycles. The van der Waals surface area contributed by atoms with Crippen molar-refractivity contribution < 1.29 is 22.8 Å². The van der Waals surface area contributed by atoms with E-state index in [-0.39, 0.29) is 0 Å². The lowest BCUT2D eigenvalue weighted by molar-refractivity contribution is -0.170. The molecular formula is C13H12BrF3O2. The Labute approximate surface area is 117 Å². The molecule has 0 unspecified atom stereocenters. The summed E-state index contributed by atoms with van der Waals surface area (Å²) >= 11 is 3.30. The summed E-state index contributed by atoms with van der Waals surface area (Å²) in [5.41, 5.74) is 1.84. The Morgan fingerprint density at radius 1 is 1.11 bits per heavy atom. The molecule has 0 aliphatic rings. The van der Waals surface area contributed by atoms with Gasteiger partial charge in [0.1, 0.15) is 0 Å². The maximum Gasteiger partial charge on any atom is 0.449 e. The monoisotopic (exact) mass is 336 g/mol. The number of benzene rings is 1. The molecule has 0 amide bonds. The van der Waals surface area contributed by atoms with Gasteiger partial charge in [0.2, 0.25) is 5.78 Å². The fourth-order valence-electron chi connectivity index (χ4n) is 1.58. The van der Waals surface area contributed by atoms with Crippen LogP contribution in [-0.4, -0.2) is 17.7 Å². The van der Waals surface area contributed by atoms with E-state index in [2.05, 4.69) is 15.9 Å². The van der Waals surface area contributed by atoms with Gasteiger partial charge in [-0.05, 0) is 37.1 Å². The Hall–Kier alpha value is -1.17. The molecule has 0 N–H and O–H groups in total. The first-order valence-electron chi connectivity index (χ1n) is 5.53. The van der Waals surface area contributed by atoms with Gasteiger partial charge >= 0.3 is 6.18 Å². The second-order valence-corrected chi connectivity index (χ2v) is 5.11. The van der Waals surface area contributed by atoms with Gasteiger partial charge in [0.25, 0.3) is 0 Å². The number of hydrogen-bond donors (Lipinski definition) is 0. The van der Waals surface area contributed by atoms with E-state index in [1.807, 2.05) is 0 Å². The maximum atomic E-state index is 12.0. The molecule has 0 aliphatic carbocycles. The van der Waals surface area contributed by atoms with Crippen LogP contribution in [0.1, 0.15) is 34.3 Å². The number of aryl methyl sites for hydroxylation is 2. The zero-order chi connectivity index (χ0) is 14.8. The van der Waals surface area contributed by atoms with Crippen LogP contribution in [0, 0.1) is 13.8 Å². The standard InChI is InChI=1S/C13H12BrF3O2/c1-7-6-10(14)8(2)5-9(7)11(18)3-4-12(19)13(15,16)17/h5-6H,3-4H2,1-2H3. The lowest BCUT2D eigenvalue weighted by Crippen LogP contribution is -2.23. The summed E-state index contributed by atoms with van der Waals surface area (Å²) in [7, 11) is 0. The minimum Gasteiger partial charge on any atom is -0.294 e. The number of hydrogen-bond acceptors (Lipinski definition) is 2. The molecule has 0 heterocycles. The molecule has 1 aromatic rings. The predicted molar refractivity (Wildman–Crippen MR) is 68.2 cm³/mol. The zero-order valence-corrected chi connectivity index (χ0v) is 12.0. The number of carbonyl (C=O) groups is 2. The Morgan fingerprint density at radius 3 is 2.21 bits per heavy atom. The smallest absolute Gasteiger partial charge is 0.294 e. The number of rotatable bonds is 4. The molecule has 104 valence electrons. The first kappa shape index (κ1) is 15.9. The summed E-state index contributed by atoms with van der Waals surface area (Å²) in [4.78, 5) is 22.5. The Kier molecular flexibility index (Phi) is 4.90. The average molecular weight is 337 g/mol. The molecular weight excluding hydrogens is 325 g/mol. The van der Waals surface area contributed by atoms with Crippen molar-refractivity contribution in [3.63, 3.8) is 0 Å². The molecule has 1 aromatic carbocycles. The van der Waals surface area contributed by atoms with E-state index in [1.54, 1.807) is 26.0 Å². The van der Waals surface area contributed by atoms with Crippen LogP contribution in [0.25, 0.3) is 0 Å². The first-order chi connectivity index (χ1) is 8.62. The normalized spacial score (nSPS) is 11.5. The molecule has 6 heteroatoms. The maximum absolute atomic E-state index is 12.0. The summed E-state index contributed by atoms with van der Waals surface area (Å²) in [6.45, 7) is 3.48. The van der Waals surface area contributed by atoms with E-state index < -0.39 is 30.6 Å². The molecule has 0 radical (unpaired) electrons. The van der Waals surface area contributed by atoms with Crippen molar-refractivity contribution in [2.45, 2.75) is 32.9 Å². The van der Waals surface area contributed by atoms with Gasteiger partial charge in [-0.15, -0.1) is 0 Å². The number of ketones is 2. The lowest BCUT2D eigenvalue weighted by Gasteiger charge is -2.08. The van der Waals surface area contributed by atoms with Crippen molar-refractivity contribution in [1.82, 2.24) is 0 Å². The average Bonchev–Trinajstić information content (AvgIpc) is 2.29. The van der Waals surface area contributed by atoms with Gasteiger partial charge in [-0.3, -0.25) is 9.59 Å². The summed E-state index contributed by atoms with van der Waals surface area (Å²) in [6.07, 6.45) is -6.11. The topological polar surface area (TPSA) is 34.1 Å². The van der Waals surface area contributed by atoms with Crippen LogP contribution in [-0.2, 0) is 4.79 Å². The van der Waals surface area contributed by atoms with Gasteiger partial charge in [-0.2, -0.15) is 13.2 Å². The van der Waals surface area contributed by atoms with Crippen molar-refractivity contribution >= 4 is 27.5 Å². The van der Waals surface area contributed by atoms with Crippen molar-refractivity contribution in [3.05, 3.63) is 33.3 Å². The molecule has 0 fully saturated rings. The number of halogens is 4. The van der Waals surface area contributed by atoms with Crippen LogP contribution in [0.3, 0.4) is 0 Å². The largest absolute Gasteiger partial charge is 0.449 e. The van der Waals surface area contributed by atoms with Crippen LogP contribution in [0.2, 0.25) is 0 Å². The predicted octanol–water partition coefficient (Wildman–Crippen LogP) is 4.16. The second kappa shape index (κ2) is 5.86. The van der Waals surface area contributed by atoms with Gasteiger partial charge in [-0.1, -0.05) is 15.9 Å². The van der Waals surface area contributed by atoms with E-state index >= 15 is 0 Å². The van der Waals surface area contributed by atoms with E-state index in [4.69, 9.17) is 0 Å². The summed E-state index contributed by atoms with van der Waals surface area (Å²) in [5.74, 6) is -2.32. The molecule has 0 bridgehead atoms. The van der Waals surface area contributed by atoms with Gasteiger partial charge in [0.15, 0.2) is 5.78 Å². The van der Waals surface area contributed by atoms with E-state index in [9.17, 15) is 22.8 Å². The van der Waals surface area contributed by atoms with Crippen molar-refractivity contribution in [2.24, 2.45) is 0 Å². The molecule has 0 spiro atoms. The van der Waals surface area contributed by atoms with Crippen molar-refractivity contribution in [3.8, 4) is 0 Å².